The summed E-state index contributed by atoms with van der Waals surface area (Å²) in [4.78, 5) is 4.56. The Bertz CT molecular complexity index is 1200. The Labute approximate surface area is 244 Å². The standard InChI is InChI=1S/C15H16N2.C15H15N2.Ac/c2*1-17-9-13-12(11-5-3-2-4-6-11)7-8-15(16)14(13)10-17;/h2-8H,9-10,16H2,1H3;2-8,16H,9-10H2,1H3;/q;-1;. The Morgan fingerprint density at radius 1 is 0.571 bits per heavy atom. The van der Waals surface area contributed by atoms with Crippen LogP contribution < -0.4 is 5.73 Å². The second-order valence-electron chi connectivity index (χ2n) is 9.35. The van der Waals surface area contributed by atoms with Crippen molar-refractivity contribution in [1.29, 1.82) is 0 Å². The van der Waals surface area contributed by atoms with Crippen molar-refractivity contribution in [2.24, 2.45) is 0 Å². The van der Waals surface area contributed by atoms with Crippen LogP contribution in [0.15, 0.2) is 84.9 Å². The fourth-order valence-electron chi connectivity index (χ4n) is 5.10. The van der Waals surface area contributed by atoms with Crippen LogP contribution >= 0.6 is 0 Å². The summed E-state index contributed by atoms with van der Waals surface area (Å²) in [5.74, 6) is 0. The van der Waals surface area contributed by atoms with E-state index in [4.69, 9.17) is 11.5 Å². The van der Waals surface area contributed by atoms with E-state index >= 15 is 0 Å². The molecule has 0 spiro atoms. The summed E-state index contributed by atoms with van der Waals surface area (Å²) in [5, 5.41) is 0. The molecule has 35 heavy (non-hydrogen) atoms. The summed E-state index contributed by atoms with van der Waals surface area (Å²) in [6.45, 7) is 3.80. The summed E-state index contributed by atoms with van der Waals surface area (Å²) >= 11 is 0. The van der Waals surface area contributed by atoms with Crippen LogP contribution in [-0.4, -0.2) is 23.9 Å². The predicted octanol–water partition coefficient (Wildman–Crippen LogP) is 6.86. The minimum Gasteiger partial charge on any atom is -0.698 e. The van der Waals surface area contributed by atoms with Crippen LogP contribution in [0.2, 0.25) is 0 Å². The molecule has 0 bridgehead atoms. The molecule has 0 unspecified atom stereocenters. The van der Waals surface area contributed by atoms with Crippen LogP contribution in [0, 0.1) is 44.1 Å². The molecule has 0 saturated carbocycles. The SMILES string of the molecule is CN1Cc2c(N)ccc(-c3ccccc3)c2C1.CN1Cc2c([NH-])ccc(-c3ccccc3)c2C1.[Ac]. The normalized spacial score (nSPS) is 14.5. The zero-order valence-electron chi connectivity index (χ0n) is 20.5. The van der Waals surface area contributed by atoms with Crippen molar-refractivity contribution in [3.05, 3.63) is 113 Å². The van der Waals surface area contributed by atoms with E-state index in [0.29, 0.717) is 5.69 Å². The van der Waals surface area contributed by atoms with Crippen molar-refractivity contribution in [3.63, 3.8) is 0 Å². The summed E-state index contributed by atoms with van der Waals surface area (Å²) in [5.41, 5.74) is 25.9. The van der Waals surface area contributed by atoms with Gasteiger partial charge in [0.15, 0.2) is 0 Å². The number of nitrogens with one attached hydrogen (secondary N) is 1. The van der Waals surface area contributed by atoms with Crippen LogP contribution in [-0.2, 0) is 26.2 Å². The molecule has 0 aromatic heterocycles. The molecule has 0 fully saturated rings. The first kappa shape index (κ1) is 25.9. The zero-order chi connectivity index (χ0) is 23.7. The van der Waals surface area contributed by atoms with E-state index < -0.39 is 0 Å². The van der Waals surface area contributed by atoms with Gasteiger partial charge >= 0.3 is 0 Å². The predicted molar refractivity (Wildman–Crippen MR) is 142 cm³/mol. The van der Waals surface area contributed by atoms with E-state index in [-0.39, 0.29) is 44.1 Å². The van der Waals surface area contributed by atoms with Crippen molar-refractivity contribution in [2.75, 3.05) is 19.8 Å². The van der Waals surface area contributed by atoms with E-state index in [1.54, 1.807) is 0 Å². The second kappa shape index (κ2) is 11.3. The monoisotopic (exact) mass is 674 g/mol. The number of nitrogen functional groups attached to an aromatic ring is 1. The third kappa shape index (κ3) is 5.49. The van der Waals surface area contributed by atoms with Crippen molar-refractivity contribution >= 4 is 11.4 Å². The zero-order valence-corrected chi connectivity index (χ0v) is 25.2. The second-order valence-corrected chi connectivity index (χ2v) is 9.35. The molecular formula is C30H31AcN4-. The van der Waals surface area contributed by atoms with Crippen molar-refractivity contribution in [1.82, 2.24) is 9.80 Å². The third-order valence-corrected chi connectivity index (χ3v) is 6.78. The number of benzene rings is 4. The van der Waals surface area contributed by atoms with E-state index in [2.05, 4.69) is 84.6 Å². The van der Waals surface area contributed by atoms with E-state index in [9.17, 15) is 0 Å². The smallest absolute Gasteiger partial charge is 0.0363 e. The molecular weight excluding hydrogens is 643 g/mol. The van der Waals surface area contributed by atoms with E-state index in [1.807, 2.05) is 24.3 Å². The third-order valence-electron chi connectivity index (χ3n) is 6.78. The van der Waals surface area contributed by atoms with Gasteiger partial charge in [-0.2, -0.15) is 0 Å². The van der Waals surface area contributed by atoms with Crippen LogP contribution in [0.25, 0.3) is 28.0 Å². The largest absolute Gasteiger partial charge is 0.698 e. The van der Waals surface area contributed by atoms with Gasteiger partial charge in [-0.3, -0.25) is 9.80 Å². The summed E-state index contributed by atoms with van der Waals surface area (Å²) < 4.78 is 0. The molecule has 4 nitrogen and oxygen atoms in total. The van der Waals surface area contributed by atoms with Gasteiger partial charge in [-0.15, -0.1) is 5.69 Å². The van der Waals surface area contributed by atoms with Crippen LogP contribution in [0.4, 0.5) is 11.4 Å². The molecule has 2 aliphatic rings. The summed E-state index contributed by atoms with van der Waals surface area (Å²) in [7, 11) is 4.24. The van der Waals surface area contributed by atoms with Crippen LogP contribution in [0.3, 0.4) is 0 Å². The molecule has 5 heteroatoms. The quantitative estimate of drug-likeness (QED) is 0.237. The Kier molecular flexibility index (Phi) is 8.35. The molecule has 3 N–H and O–H groups in total. The van der Waals surface area contributed by atoms with Crippen LogP contribution in [0.1, 0.15) is 22.3 Å². The molecule has 0 amide bonds. The Hall–Kier alpha value is -2.16. The molecule has 2 heterocycles. The van der Waals surface area contributed by atoms with Crippen LogP contribution in [0.5, 0.6) is 0 Å². The average Bonchev–Trinajstić information content (AvgIpc) is 3.44. The van der Waals surface area contributed by atoms with Gasteiger partial charge in [-0.05, 0) is 64.7 Å². The molecule has 0 atom stereocenters. The van der Waals surface area contributed by atoms with Gasteiger partial charge in [0, 0.05) is 75.9 Å². The Morgan fingerprint density at radius 2 is 1.00 bits per heavy atom. The van der Waals surface area contributed by atoms with E-state index in [1.165, 1.54) is 44.5 Å². The van der Waals surface area contributed by atoms with Gasteiger partial charge in [0.1, 0.15) is 0 Å². The fraction of sp³-hybridized carbons (Fsp3) is 0.200. The van der Waals surface area contributed by atoms with Gasteiger partial charge in [0.05, 0.1) is 0 Å². The van der Waals surface area contributed by atoms with Gasteiger partial charge in [-0.1, -0.05) is 78.9 Å². The Balaban J connectivity index is 0.000000160. The van der Waals surface area contributed by atoms with Crippen molar-refractivity contribution < 1.29 is 44.1 Å². The molecule has 4 aromatic carbocycles. The molecule has 2 aliphatic heterocycles. The van der Waals surface area contributed by atoms with Gasteiger partial charge in [-0.25, -0.2) is 0 Å². The minimum atomic E-state index is 0. The first-order valence-corrected chi connectivity index (χ1v) is 11.8. The number of nitrogens with two attached hydrogens (primary N) is 1. The first-order chi connectivity index (χ1) is 16.5. The number of anilines is 1. The summed E-state index contributed by atoms with van der Waals surface area (Å²) in [6, 6.07) is 29.1. The maximum absolute atomic E-state index is 7.97. The molecule has 0 saturated heterocycles. The van der Waals surface area contributed by atoms with E-state index in [0.717, 1.165) is 31.9 Å². The average molecular weight is 675 g/mol. The maximum atomic E-state index is 7.97. The summed E-state index contributed by atoms with van der Waals surface area (Å²) in [6.07, 6.45) is 0. The molecule has 0 aliphatic carbocycles. The fourth-order valence-corrected chi connectivity index (χ4v) is 5.10. The topological polar surface area (TPSA) is 56.3 Å². The number of hydrogen-bond acceptors (Lipinski definition) is 3. The molecule has 175 valence electrons. The maximum Gasteiger partial charge on any atom is 0.0363 e. The van der Waals surface area contributed by atoms with Crippen molar-refractivity contribution in [3.8, 4) is 22.3 Å². The minimum absolute atomic E-state index is 0. The molecule has 1 radical (unpaired) electrons. The number of rotatable bonds is 2. The van der Waals surface area contributed by atoms with Gasteiger partial charge in [0.2, 0.25) is 0 Å². The van der Waals surface area contributed by atoms with Crippen molar-refractivity contribution in [2.45, 2.75) is 26.2 Å². The van der Waals surface area contributed by atoms with Gasteiger partial charge < -0.3 is 11.5 Å². The first-order valence-electron chi connectivity index (χ1n) is 11.8. The number of hydrogen-bond donors (Lipinski definition) is 1. The number of nitrogens with zero attached hydrogens (tertiary/aromatic N) is 2. The van der Waals surface area contributed by atoms with Gasteiger partial charge in [0.25, 0.3) is 0 Å². The Morgan fingerprint density at radius 3 is 1.54 bits per heavy atom. The molecule has 4 aromatic rings. The molecule has 6 rings (SSSR count). The number of fused-ring (bicyclic) bond motifs is 2.